The fourth-order valence-electron chi connectivity index (χ4n) is 2.15. The van der Waals surface area contributed by atoms with Crippen LogP contribution in [0.4, 0.5) is 8.78 Å². The van der Waals surface area contributed by atoms with Crippen molar-refractivity contribution in [2.75, 3.05) is 0 Å². The van der Waals surface area contributed by atoms with Gasteiger partial charge in [-0.3, -0.25) is 4.57 Å². The summed E-state index contributed by atoms with van der Waals surface area (Å²) in [6, 6.07) is 6.84. The highest BCUT2D eigenvalue weighted by molar-refractivity contribution is 6.42. The van der Waals surface area contributed by atoms with Gasteiger partial charge in [0.2, 0.25) is 0 Å². The van der Waals surface area contributed by atoms with E-state index in [1.165, 1.54) is 6.07 Å². The van der Waals surface area contributed by atoms with Gasteiger partial charge in [-0.05, 0) is 18.2 Å². The molecule has 0 unspecified atom stereocenters. The van der Waals surface area contributed by atoms with Crippen LogP contribution in [0.15, 0.2) is 30.3 Å². The molecule has 3 rings (SSSR count). The molecule has 0 aliphatic heterocycles. The Labute approximate surface area is 133 Å². The van der Waals surface area contributed by atoms with Crippen LogP contribution in [-0.4, -0.2) is 9.55 Å². The first-order valence-electron chi connectivity index (χ1n) is 5.89. The lowest BCUT2D eigenvalue weighted by molar-refractivity contribution is 0.590. The number of hydrogen-bond acceptors (Lipinski definition) is 1. The lowest BCUT2D eigenvalue weighted by Crippen LogP contribution is -1.99. The minimum Gasteiger partial charge on any atom is -0.295 e. The summed E-state index contributed by atoms with van der Waals surface area (Å²) < 4.78 is 28.9. The van der Waals surface area contributed by atoms with Gasteiger partial charge >= 0.3 is 0 Å². The van der Waals surface area contributed by atoms with Crippen LogP contribution < -0.4 is 0 Å². The molecule has 0 fully saturated rings. The highest BCUT2D eigenvalue weighted by atomic mass is 35.5. The largest absolute Gasteiger partial charge is 0.295 e. The highest BCUT2D eigenvalue weighted by Gasteiger charge is 2.16. The second kappa shape index (κ2) is 5.44. The van der Waals surface area contributed by atoms with E-state index >= 15 is 0 Å². The Balaban J connectivity index is 2.36. The molecule has 3 aromatic rings. The van der Waals surface area contributed by atoms with Gasteiger partial charge < -0.3 is 0 Å². The lowest BCUT2D eigenvalue weighted by Gasteiger charge is -2.09. The zero-order chi connectivity index (χ0) is 15.1. The Morgan fingerprint density at radius 3 is 2.48 bits per heavy atom. The molecule has 7 heteroatoms. The van der Waals surface area contributed by atoms with Crippen LogP contribution in [0.3, 0.4) is 0 Å². The van der Waals surface area contributed by atoms with Gasteiger partial charge in [-0.2, -0.15) is 0 Å². The molecule has 0 atom stereocenters. The van der Waals surface area contributed by atoms with Crippen LogP contribution in [0.1, 0.15) is 5.82 Å². The van der Waals surface area contributed by atoms with Crippen molar-refractivity contribution in [1.82, 2.24) is 9.55 Å². The fraction of sp³-hybridized carbons (Fsp3) is 0.0714. The molecule has 2 nitrogen and oxygen atoms in total. The minimum absolute atomic E-state index is 0.0377. The van der Waals surface area contributed by atoms with Crippen molar-refractivity contribution in [2.45, 2.75) is 5.88 Å². The van der Waals surface area contributed by atoms with E-state index in [4.69, 9.17) is 34.8 Å². The Morgan fingerprint density at radius 1 is 1.05 bits per heavy atom. The molecule has 0 radical (unpaired) electrons. The SMILES string of the molecule is Fc1cc(F)c2nc(CCl)n(-c3ccc(Cl)c(Cl)c3)c2c1. The number of benzene rings is 2. The quantitative estimate of drug-likeness (QED) is 0.571. The Bertz CT molecular complexity index is 846. The summed E-state index contributed by atoms with van der Waals surface area (Å²) in [6.07, 6.45) is 0. The molecule has 0 spiro atoms. The average molecular weight is 348 g/mol. The number of imidazole rings is 1. The molecule has 1 aromatic heterocycles. The first-order chi connectivity index (χ1) is 10.0. The summed E-state index contributed by atoms with van der Waals surface area (Å²) in [5.41, 5.74) is 0.909. The van der Waals surface area contributed by atoms with Crippen molar-refractivity contribution in [3.05, 3.63) is 57.8 Å². The summed E-state index contributed by atoms with van der Waals surface area (Å²) in [5.74, 6) is -1.01. The molecular weight excluding hydrogens is 341 g/mol. The van der Waals surface area contributed by atoms with Crippen molar-refractivity contribution in [1.29, 1.82) is 0 Å². The minimum atomic E-state index is -0.741. The number of aromatic nitrogens is 2. The summed E-state index contributed by atoms with van der Waals surface area (Å²) in [7, 11) is 0. The predicted octanol–water partition coefficient (Wildman–Crippen LogP) is 5.35. The number of alkyl halides is 1. The van der Waals surface area contributed by atoms with E-state index in [9.17, 15) is 8.78 Å². The van der Waals surface area contributed by atoms with Gasteiger partial charge in [0.05, 0.1) is 21.4 Å². The topological polar surface area (TPSA) is 17.8 Å². The van der Waals surface area contributed by atoms with Crippen LogP contribution in [0.25, 0.3) is 16.7 Å². The number of hydrogen-bond donors (Lipinski definition) is 0. The first kappa shape index (κ1) is 14.6. The lowest BCUT2D eigenvalue weighted by atomic mass is 10.2. The van der Waals surface area contributed by atoms with Crippen molar-refractivity contribution in [3.8, 4) is 5.69 Å². The number of rotatable bonds is 2. The van der Waals surface area contributed by atoms with E-state index in [-0.39, 0.29) is 16.9 Å². The van der Waals surface area contributed by atoms with E-state index in [1.807, 2.05) is 0 Å². The van der Waals surface area contributed by atoms with Crippen LogP contribution in [0.5, 0.6) is 0 Å². The molecule has 108 valence electrons. The summed E-state index contributed by atoms with van der Waals surface area (Å²) in [5, 5.41) is 0.711. The Morgan fingerprint density at radius 2 is 1.81 bits per heavy atom. The predicted molar refractivity (Wildman–Crippen MR) is 80.6 cm³/mol. The number of halogens is 5. The molecule has 0 amide bonds. The number of fused-ring (bicyclic) bond motifs is 1. The normalized spacial score (nSPS) is 11.3. The van der Waals surface area contributed by atoms with Crippen molar-refractivity contribution in [2.24, 2.45) is 0 Å². The van der Waals surface area contributed by atoms with E-state index in [2.05, 4.69) is 4.98 Å². The van der Waals surface area contributed by atoms with Crippen LogP contribution in [0.2, 0.25) is 10.0 Å². The molecule has 1 heterocycles. The third-order valence-corrected chi connectivity index (χ3v) is 4.01. The van der Waals surface area contributed by atoms with Crippen LogP contribution >= 0.6 is 34.8 Å². The van der Waals surface area contributed by atoms with Gasteiger partial charge in [-0.15, -0.1) is 11.6 Å². The third-order valence-electron chi connectivity index (χ3n) is 3.03. The summed E-state index contributed by atoms with van der Waals surface area (Å²) in [6.45, 7) is 0. The molecule has 0 N–H and O–H groups in total. The van der Waals surface area contributed by atoms with Gasteiger partial charge in [-0.25, -0.2) is 13.8 Å². The monoisotopic (exact) mass is 346 g/mol. The maximum absolute atomic E-state index is 13.8. The van der Waals surface area contributed by atoms with Crippen molar-refractivity contribution in [3.63, 3.8) is 0 Å². The Hall–Kier alpha value is -1.36. The van der Waals surface area contributed by atoms with Crippen LogP contribution in [0, 0.1) is 11.6 Å². The van der Waals surface area contributed by atoms with Gasteiger partial charge in [0, 0.05) is 17.8 Å². The molecule has 0 aliphatic rings. The van der Waals surface area contributed by atoms with Crippen molar-refractivity contribution < 1.29 is 8.78 Å². The molecule has 0 saturated carbocycles. The third kappa shape index (κ3) is 2.48. The van der Waals surface area contributed by atoms with Crippen molar-refractivity contribution >= 4 is 45.8 Å². The Kier molecular flexibility index (Phi) is 3.78. The van der Waals surface area contributed by atoms with Crippen LogP contribution in [-0.2, 0) is 5.88 Å². The highest BCUT2D eigenvalue weighted by Crippen LogP contribution is 2.29. The first-order valence-corrected chi connectivity index (χ1v) is 7.18. The second-order valence-electron chi connectivity index (χ2n) is 4.35. The maximum Gasteiger partial charge on any atom is 0.153 e. The molecule has 2 aromatic carbocycles. The molecule has 0 aliphatic carbocycles. The van der Waals surface area contributed by atoms with E-state index < -0.39 is 11.6 Å². The maximum atomic E-state index is 13.8. The fourth-order valence-corrected chi connectivity index (χ4v) is 2.63. The van der Waals surface area contributed by atoms with Gasteiger partial charge in [0.15, 0.2) is 5.82 Å². The molecule has 0 bridgehead atoms. The molecular formula is C14H7Cl3F2N2. The average Bonchev–Trinajstić information content (AvgIpc) is 2.80. The molecule has 0 saturated heterocycles. The van der Waals surface area contributed by atoms with Gasteiger partial charge in [-0.1, -0.05) is 23.2 Å². The molecule has 21 heavy (non-hydrogen) atoms. The standard InChI is InChI=1S/C14H7Cl3F2N2/c15-6-13-20-14-11(19)3-7(18)4-12(14)21(13)8-1-2-9(16)10(17)5-8/h1-5H,6H2. The van der Waals surface area contributed by atoms with E-state index in [1.54, 1.807) is 22.8 Å². The van der Waals surface area contributed by atoms with Gasteiger partial charge in [0.25, 0.3) is 0 Å². The smallest absolute Gasteiger partial charge is 0.153 e. The summed E-state index contributed by atoms with van der Waals surface area (Å²) >= 11 is 17.7. The van der Waals surface area contributed by atoms with E-state index in [0.29, 0.717) is 21.6 Å². The van der Waals surface area contributed by atoms with E-state index in [0.717, 1.165) is 6.07 Å². The number of nitrogens with zero attached hydrogens (tertiary/aromatic N) is 2. The van der Waals surface area contributed by atoms with Gasteiger partial charge in [0.1, 0.15) is 17.2 Å². The summed E-state index contributed by atoms with van der Waals surface area (Å²) in [4.78, 5) is 4.11. The second-order valence-corrected chi connectivity index (χ2v) is 5.43. The zero-order valence-corrected chi connectivity index (χ0v) is 12.6. The zero-order valence-electron chi connectivity index (χ0n) is 10.4.